The van der Waals surface area contributed by atoms with Crippen LogP contribution in [0.3, 0.4) is 0 Å². The van der Waals surface area contributed by atoms with E-state index in [0.717, 1.165) is 0 Å². The zero-order chi connectivity index (χ0) is 12.8. The molecule has 6 nitrogen and oxygen atoms in total. The summed E-state index contributed by atoms with van der Waals surface area (Å²) in [5.41, 5.74) is 5.33. The van der Waals surface area contributed by atoms with Gasteiger partial charge in [0.1, 0.15) is 12.6 Å². The Kier molecular flexibility index (Phi) is 4.59. The maximum Gasteiger partial charge on any atom is 0.324 e. The van der Waals surface area contributed by atoms with Gasteiger partial charge in [-0.3, -0.25) is 4.79 Å². The quantitative estimate of drug-likeness (QED) is 0.753. The number of carboxylic acids is 1. The van der Waals surface area contributed by atoms with E-state index in [4.69, 9.17) is 25.1 Å². The minimum atomic E-state index is -1.12. The molecule has 3 N–H and O–H groups in total. The average Bonchev–Trinajstić information content (AvgIpc) is 2.34. The van der Waals surface area contributed by atoms with E-state index in [2.05, 4.69) is 0 Å². The van der Waals surface area contributed by atoms with Crippen molar-refractivity contribution < 1.29 is 24.1 Å². The molecule has 0 aliphatic carbocycles. The molecule has 0 aliphatic rings. The van der Waals surface area contributed by atoms with Crippen molar-refractivity contribution in [2.45, 2.75) is 6.04 Å². The van der Waals surface area contributed by atoms with E-state index < -0.39 is 12.0 Å². The third-order valence-corrected chi connectivity index (χ3v) is 2.10. The van der Waals surface area contributed by atoms with Crippen molar-refractivity contribution in [3.05, 3.63) is 18.2 Å². The summed E-state index contributed by atoms with van der Waals surface area (Å²) in [6, 6.07) is 3.99. The fourth-order valence-corrected chi connectivity index (χ4v) is 1.22. The molecule has 17 heavy (non-hydrogen) atoms. The standard InChI is InChI=1S/C11H15NO5/c1-15-8-4-3-5-9(10(8)16-2)17-6-7(12)11(13)14/h3-5,7H,6,12H2,1-2H3,(H,13,14). The van der Waals surface area contributed by atoms with Gasteiger partial charge in [0.05, 0.1) is 14.2 Å². The summed E-state index contributed by atoms with van der Waals surface area (Å²) in [6.45, 7) is -0.140. The molecule has 0 saturated carbocycles. The number of aliphatic carboxylic acids is 1. The van der Waals surface area contributed by atoms with Gasteiger partial charge in [0.25, 0.3) is 0 Å². The van der Waals surface area contributed by atoms with Gasteiger partial charge in [-0.25, -0.2) is 0 Å². The van der Waals surface area contributed by atoms with Crippen molar-refractivity contribution in [3.8, 4) is 17.2 Å². The smallest absolute Gasteiger partial charge is 0.324 e. The number of para-hydroxylation sites is 1. The second kappa shape index (κ2) is 5.95. The van der Waals surface area contributed by atoms with Crippen LogP contribution >= 0.6 is 0 Å². The maximum atomic E-state index is 10.5. The maximum absolute atomic E-state index is 10.5. The molecule has 6 heteroatoms. The van der Waals surface area contributed by atoms with Gasteiger partial charge in [0.15, 0.2) is 11.5 Å². The highest BCUT2D eigenvalue weighted by Gasteiger charge is 2.15. The van der Waals surface area contributed by atoms with Crippen LogP contribution in [0.2, 0.25) is 0 Å². The van der Waals surface area contributed by atoms with Gasteiger partial charge in [-0.2, -0.15) is 0 Å². The first-order valence-corrected chi connectivity index (χ1v) is 4.92. The summed E-state index contributed by atoms with van der Waals surface area (Å²) in [4.78, 5) is 10.5. The Morgan fingerprint density at radius 3 is 2.53 bits per heavy atom. The van der Waals surface area contributed by atoms with Crippen molar-refractivity contribution in [3.63, 3.8) is 0 Å². The highest BCUT2D eigenvalue weighted by atomic mass is 16.5. The zero-order valence-corrected chi connectivity index (χ0v) is 9.67. The second-order valence-electron chi connectivity index (χ2n) is 3.25. The Morgan fingerprint density at radius 1 is 1.35 bits per heavy atom. The lowest BCUT2D eigenvalue weighted by Crippen LogP contribution is -2.36. The lowest BCUT2D eigenvalue weighted by atomic mass is 10.3. The van der Waals surface area contributed by atoms with Crippen LogP contribution in [0.1, 0.15) is 0 Å². The molecule has 0 amide bonds. The van der Waals surface area contributed by atoms with Crippen molar-refractivity contribution in [2.75, 3.05) is 20.8 Å². The number of hydrogen-bond acceptors (Lipinski definition) is 5. The van der Waals surface area contributed by atoms with Crippen molar-refractivity contribution in [2.24, 2.45) is 5.73 Å². The number of carboxylic acid groups (broad SMARTS) is 1. The fraction of sp³-hybridized carbons (Fsp3) is 0.364. The zero-order valence-electron chi connectivity index (χ0n) is 9.67. The van der Waals surface area contributed by atoms with Crippen LogP contribution in [0.5, 0.6) is 17.2 Å². The van der Waals surface area contributed by atoms with Crippen LogP contribution in [-0.4, -0.2) is 37.9 Å². The summed E-state index contributed by atoms with van der Waals surface area (Å²) in [6.07, 6.45) is 0. The van der Waals surface area contributed by atoms with E-state index in [-0.39, 0.29) is 6.61 Å². The topological polar surface area (TPSA) is 91.0 Å². The van der Waals surface area contributed by atoms with Gasteiger partial charge in [-0.15, -0.1) is 0 Å². The molecule has 1 atom stereocenters. The number of benzene rings is 1. The van der Waals surface area contributed by atoms with Gasteiger partial charge >= 0.3 is 5.97 Å². The Balaban J connectivity index is 2.80. The van der Waals surface area contributed by atoms with Crippen LogP contribution < -0.4 is 19.9 Å². The number of nitrogens with two attached hydrogens (primary N) is 1. The third-order valence-electron chi connectivity index (χ3n) is 2.10. The Hall–Kier alpha value is -1.95. The number of carbonyl (C=O) groups is 1. The van der Waals surface area contributed by atoms with E-state index in [9.17, 15) is 4.79 Å². The predicted octanol–water partition coefficient (Wildman–Crippen LogP) is 0.494. The first kappa shape index (κ1) is 13.1. The van der Waals surface area contributed by atoms with Crippen LogP contribution in [0.25, 0.3) is 0 Å². The van der Waals surface area contributed by atoms with Crippen molar-refractivity contribution >= 4 is 5.97 Å². The molecule has 94 valence electrons. The molecule has 0 saturated heterocycles. The number of rotatable bonds is 6. The van der Waals surface area contributed by atoms with Gasteiger partial charge in [-0.05, 0) is 12.1 Å². The van der Waals surface area contributed by atoms with Crippen LogP contribution in [0.15, 0.2) is 18.2 Å². The number of methoxy groups -OCH3 is 2. The van der Waals surface area contributed by atoms with E-state index in [1.165, 1.54) is 14.2 Å². The SMILES string of the molecule is COc1cccc(OCC(N)C(=O)O)c1OC. The van der Waals surface area contributed by atoms with Crippen LogP contribution in [0, 0.1) is 0 Å². The minimum Gasteiger partial charge on any atom is -0.493 e. The van der Waals surface area contributed by atoms with Crippen LogP contribution in [-0.2, 0) is 4.79 Å². The summed E-state index contributed by atoms with van der Waals surface area (Å²) in [7, 11) is 2.98. The van der Waals surface area contributed by atoms with Gasteiger partial charge in [0.2, 0.25) is 5.75 Å². The van der Waals surface area contributed by atoms with E-state index in [0.29, 0.717) is 17.2 Å². The van der Waals surface area contributed by atoms with Gasteiger partial charge in [0, 0.05) is 0 Å². The molecule has 0 bridgehead atoms. The molecule has 1 aromatic rings. The highest BCUT2D eigenvalue weighted by molar-refractivity contribution is 5.73. The number of ether oxygens (including phenoxy) is 3. The lowest BCUT2D eigenvalue weighted by molar-refractivity contribution is -0.139. The first-order chi connectivity index (χ1) is 8.10. The Bertz CT molecular complexity index is 393. The molecule has 1 aromatic carbocycles. The highest BCUT2D eigenvalue weighted by Crippen LogP contribution is 2.36. The van der Waals surface area contributed by atoms with Crippen LogP contribution in [0.4, 0.5) is 0 Å². The Labute approximate surface area is 98.9 Å². The molecule has 1 rings (SSSR count). The monoisotopic (exact) mass is 241 g/mol. The fourth-order valence-electron chi connectivity index (χ4n) is 1.22. The van der Waals surface area contributed by atoms with E-state index in [1.807, 2.05) is 0 Å². The summed E-state index contributed by atoms with van der Waals surface area (Å²) < 4.78 is 15.5. The lowest BCUT2D eigenvalue weighted by Gasteiger charge is -2.14. The molecular formula is C11H15NO5. The first-order valence-electron chi connectivity index (χ1n) is 4.92. The van der Waals surface area contributed by atoms with E-state index >= 15 is 0 Å². The van der Waals surface area contributed by atoms with Gasteiger partial charge in [-0.1, -0.05) is 6.07 Å². The third kappa shape index (κ3) is 3.25. The molecular weight excluding hydrogens is 226 g/mol. The predicted molar refractivity (Wildman–Crippen MR) is 60.7 cm³/mol. The molecule has 1 unspecified atom stereocenters. The summed E-state index contributed by atoms with van der Waals surface area (Å²) in [5.74, 6) is 0.192. The van der Waals surface area contributed by atoms with Crippen molar-refractivity contribution in [1.29, 1.82) is 0 Å². The molecule has 0 spiro atoms. The molecule has 0 radical (unpaired) electrons. The normalized spacial score (nSPS) is 11.7. The molecule has 0 aromatic heterocycles. The summed E-state index contributed by atoms with van der Waals surface area (Å²) in [5, 5.41) is 8.63. The van der Waals surface area contributed by atoms with Gasteiger partial charge < -0.3 is 25.1 Å². The minimum absolute atomic E-state index is 0.140. The number of hydrogen-bond donors (Lipinski definition) is 2. The molecule has 0 aliphatic heterocycles. The average molecular weight is 241 g/mol. The largest absolute Gasteiger partial charge is 0.493 e. The molecule has 0 heterocycles. The Morgan fingerprint density at radius 2 is 2.00 bits per heavy atom. The molecule has 0 fully saturated rings. The van der Waals surface area contributed by atoms with E-state index in [1.54, 1.807) is 18.2 Å². The second-order valence-corrected chi connectivity index (χ2v) is 3.25. The summed E-state index contributed by atoms with van der Waals surface area (Å²) >= 11 is 0. The van der Waals surface area contributed by atoms with Crippen molar-refractivity contribution in [1.82, 2.24) is 0 Å².